The first-order valence-electron chi connectivity index (χ1n) is 9.97. The molecule has 0 atom stereocenters. The lowest BCUT2D eigenvalue weighted by molar-refractivity contribution is -0.122. The highest BCUT2D eigenvalue weighted by atomic mass is 32.2. The zero-order chi connectivity index (χ0) is 21.3. The number of thioether (sulfide) groups is 1. The van der Waals surface area contributed by atoms with Gasteiger partial charge in [0.2, 0.25) is 0 Å². The highest BCUT2D eigenvalue weighted by Gasteiger charge is 2.33. The quantitative estimate of drug-likeness (QED) is 0.526. The number of carbonyl (C=O) groups excluding carboxylic acids is 1. The molecule has 3 rings (SSSR count). The van der Waals surface area contributed by atoms with E-state index in [1.165, 1.54) is 11.8 Å². The second kappa shape index (κ2) is 8.72. The molecule has 0 aromatic carbocycles. The number of anilines is 1. The SMILES string of the molecule is CCn1c(N2CCCC2)c(/C=C2/SC(=S)N(CC(C)C)C2=O)c(C)c(C#N)c1=O. The Kier molecular flexibility index (Phi) is 6.49. The van der Waals surface area contributed by atoms with Crippen molar-refractivity contribution in [1.82, 2.24) is 9.47 Å². The summed E-state index contributed by atoms with van der Waals surface area (Å²) in [6.45, 7) is 10.6. The van der Waals surface area contributed by atoms with Crippen LogP contribution in [0.4, 0.5) is 5.82 Å². The Hall–Kier alpha value is -2.11. The molecule has 1 amide bonds. The van der Waals surface area contributed by atoms with Gasteiger partial charge in [0, 0.05) is 31.7 Å². The zero-order valence-electron chi connectivity index (χ0n) is 17.3. The van der Waals surface area contributed by atoms with Gasteiger partial charge < -0.3 is 4.90 Å². The van der Waals surface area contributed by atoms with E-state index in [0.29, 0.717) is 33.8 Å². The van der Waals surface area contributed by atoms with Crippen LogP contribution in [0.3, 0.4) is 0 Å². The molecule has 2 aliphatic rings. The maximum Gasteiger partial charge on any atom is 0.270 e. The predicted molar refractivity (Wildman–Crippen MR) is 122 cm³/mol. The smallest absolute Gasteiger partial charge is 0.270 e. The van der Waals surface area contributed by atoms with Crippen LogP contribution in [-0.2, 0) is 11.3 Å². The molecule has 0 bridgehead atoms. The molecule has 29 heavy (non-hydrogen) atoms. The molecule has 1 aromatic rings. The number of hydrogen-bond acceptors (Lipinski definition) is 6. The number of nitrogens with zero attached hydrogens (tertiary/aromatic N) is 4. The van der Waals surface area contributed by atoms with Crippen molar-refractivity contribution >= 4 is 46.1 Å². The van der Waals surface area contributed by atoms with Gasteiger partial charge in [-0.05, 0) is 44.2 Å². The standard InChI is InChI=1S/C21H26N4O2S2/c1-5-24-18(23-8-6-7-9-23)15(14(4)16(11-22)19(24)26)10-17-20(27)25(12-13(2)3)21(28)29-17/h10,13H,5-9,12H2,1-4H3/b17-10+. The number of pyridine rings is 1. The van der Waals surface area contributed by atoms with Gasteiger partial charge in [-0.2, -0.15) is 5.26 Å². The van der Waals surface area contributed by atoms with Crippen molar-refractivity contribution in [2.75, 3.05) is 24.5 Å². The molecule has 0 spiro atoms. The third-order valence-electron chi connectivity index (χ3n) is 5.26. The molecular formula is C21H26N4O2S2. The Morgan fingerprint density at radius 1 is 1.28 bits per heavy atom. The van der Waals surface area contributed by atoms with Crippen molar-refractivity contribution in [3.8, 4) is 6.07 Å². The van der Waals surface area contributed by atoms with Crippen LogP contribution < -0.4 is 10.5 Å². The number of carbonyl (C=O) groups is 1. The lowest BCUT2D eigenvalue weighted by atomic mass is 10.0. The summed E-state index contributed by atoms with van der Waals surface area (Å²) in [5.74, 6) is 1.01. The number of aromatic nitrogens is 1. The maximum absolute atomic E-state index is 13.0. The van der Waals surface area contributed by atoms with Crippen molar-refractivity contribution in [2.45, 2.75) is 47.1 Å². The first-order valence-corrected chi connectivity index (χ1v) is 11.2. The van der Waals surface area contributed by atoms with Gasteiger partial charge in [0.25, 0.3) is 11.5 Å². The first kappa shape index (κ1) is 21.6. The van der Waals surface area contributed by atoms with Gasteiger partial charge in [-0.25, -0.2) is 0 Å². The van der Waals surface area contributed by atoms with Gasteiger partial charge in [0.15, 0.2) is 0 Å². The normalized spacial score (nSPS) is 18.4. The monoisotopic (exact) mass is 430 g/mol. The molecule has 6 nitrogen and oxygen atoms in total. The summed E-state index contributed by atoms with van der Waals surface area (Å²) in [4.78, 5) is 30.3. The lowest BCUT2D eigenvalue weighted by Gasteiger charge is -2.26. The number of nitriles is 1. The second-order valence-electron chi connectivity index (χ2n) is 7.78. The van der Waals surface area contributed by atoms with Crippen molar-refractivity contribution in [3.63, 3.8) is 0 Å². The summed E-state index contributed by atoms with van der Waals surface area (Å²) >= 11 is 6.72. The van der Waals surface area contributed by atoms with Crippen LogP contribution in [0.25, 0.3) is 6.08 Å². The number of thiocarbonyl (C=S) groups is 1. The van der Waals surface area contributed by atoms with Crippen molar-refractivity contribution < 1.29 is 4.79 Å². The van der Waals surface area contributed by atoms with Crippen LogP contribution >= 0.6 is 24.0 Å². The summed E-state index contributed by atoms with van der Waals surface area (Å²) in [5.41, 5.74) is 1.27. The number of hydrogen-bond donors (Lipinski definition) is 0. The third kappa shape index (κ3) is 3.99. The summed E-state index contributed by atoms with van der Waals surface area (Å²) in [7, 11) is 0. The molecule has 1 aromatic heterocycles. The minimum Gasteiger partial charge on any atom is -0.357 e. The topological polar surface area (TPSA) is 69.3 Å². The van der Waals surface area contributed by atoms with Crippen LogP contribution in [0.15, 0.2) is 9.70 Å². The van der Waals surface area contributed by atoms with E-state index in [0.717, 1.165) is 37.3 Å². The molecule has 0 unspecified atom stereocenters. The molecule has 3 heterocycles. The fraction of sp³-hybridized carbons (Fsp3) is 0.524. The average Bonchev–Trinajstić information content (AvgIpc) is 3.28. The van der Waals surface area contributed by atoms with E-state index in [4.69, 9.17) is 12.2 Å². The van der Waals surface area contributed by atoms with E-state index in [-0.39, 0.29) is 17.0 Å². The molecular weight excluding hydrogens is 404 g/mol. The third-order valence-corrected chi connectivity index (χ3v) is 6.64. The van der Waals surface area contributed by atoms with Crippen LogP contribution in [0.2, 0.25) is 0 Å². The van der Waals surface area contributed by atoms with Crippen LogP contribution in [0, 0.1) is 24.2 Å². The molecule has 2 fully saturated rings. The van der Waals surface area contributed by atoms with E-state index in [2.05, 4.69) is 11.0 Å². The summed E-state index contributed by atoms with van der Waals surface area (Å²) < 4.78 is 2.22. The molecule has 0 aliphatic carbocycles. The van der Waals surface area contributed by atoms with E-state index in [1.807, 2.05) is 26.8 Å². The lowest BCUT2D eigenvalue weighted by Crippen LogP contribution is -2.33. The van der Waals surface area contributed by atoms with Crippen molar-refractivity contribution in [2.24, 2.45) is 5.92 Å². The minimum absolute atomic E-state index is 0.103. The van der Waals surface area contributed by atoms with Crippen molar-refractivity contribution in [3.05, 3.63) is 31.9 Å². The molecule has 154 valence electrons. The van der Waals surface area contributed by atoms with Gasteiger partial charge in [-0.1, -0.05) is 37.8 Å². The first-order chi connectivity index (χ1) is 13.8. The minimum atomic E-state index is -0.265. The number of amides is 1. The van der Waals surface area contributed by atoms with Gasteiger partial charge in [0.05, 0.1) is 4.91 Å². The predicted octanol–water partition coefficient (Wildman–Crippen LogP) is 3.51. The second-order valence-corrected chi connectivity index (χ2v) is 9.45. The maximum atomic E-state index is 13.0. The largest absolute Gasteiger partial charge is 0.357 e. The van der Waals surface area contributed by atoms with Gasteiger partial charge in [-0.15, -0.1) is 0 Å². The Bertz CT molecular complexity index is 982. The molecule has 0 radical (unpaired) electrons. The van der Waals surface area contributed by atoms with Gasteiger partial charge in [0.1, 0.15) is 21.8 Å². The van der Waals surface area contributed by atoms with Crippen LogP contribution in [0.1, 0.15) is 50.3 Å². The molecule has 8 heteroatoms. The highest BCUT2D eigenvalue weighted by Crippen LogP contribution is 2.36. The average molecular weight is 431 g/mol. The summed E-state index contributed by atoms with van der Waals surface area (Å²) in [5, 5.41) is 9.60. The molecule has 2 aliphatic heterocycles. The van der Waals surface area contributed by atoms with E-state index >= 15 is 0 Å². The van der Waals surface area contributed by atoms with E-state index in [9.17, 15) is 14.9 Å². The summed E-state index contributed by atoms with van der Waals surface area (Å²) in [6.07, 6.45) is 3.95. The fourth-order valence-electron chi connectivity index (χ4n) is 3.86. The Labute approximate surface area is 181 Å². The zero-order valence-corrected chi connectivity index (χ0v) is 19.0. The number of rotatable bonds is 5. The van der Waals surface area contributed by atoms with Crippen molar-refractivity contribution in [1.29, 1.82) is 5.26 Å². The Balaban J connectivity index is 2.20. The fourth-order valence-corrected chi connectivity index (χ4v) is 5.12. The Morgan fingerprint density at radius 2 is 1.93 bits per heavy atom. The summed E-state index contributed by atoms with van der Waals surface area (Å²) in [6, 6.07) is 2.07. The molecule has 2 saturated heterocycles. The molecule has 0 N–H and O–H groups in total. The van der Waals surface area contributed by atoms with E-state index in [1.54, 1.807) is 16.4 Å². The highest BCUT2D eigenvalue weighted by molar-refractivity contribution is 8.26. The van der Waals surface area contributed by atoms with Crippen LogP contribution in [-0.4, -0.2) is 39.3 Å². The Morgan fingerprint density at radius 3 is 2.48 bits per heavy atom. The van der Waals surface area contributed by atoms with Gasteiger partial charge >= 0.3 is 0 Å². The van der Waals surface area contributed by atoms with Gasteiger partial charge in [-0.3, -0.25) is 19.1 Å². The van der Waals surface area contributed by atoms with E-state index < -0.39 is 0 Å². The van der Waals surface area contributed by atoms with Crippen LogP contribution in [0.5, 0.6) is 0 Å². The molecule has 0 saturated carbocycles.